The molecule has 1 aromatic rings. The van der Waals surface area contributed by atoms with Gasteiger partial charge in [-0.3, -0.25) is 0 Å². The van der Waals surface area contributed by atoms with Crippen LogP contribution in [0.4, 0.5) is 13.2 Å². The Hall–Kier alpha value is -1.13. The molecule has 1 fully saturated rings. The van der Waals surface area contributed by atoms with E-state index in [-0.39, 0.29) is 31.7 Å². The van der Waals surface area contributed by atoms with Gasteiger partial charge < -0.3 is 0 Å². The first-order valence-corrected chi connectivity index (χ1v) is 11.1. The predicted octanol–water partition coefficient (Wildman–Crippen LogP) is 2.35. The Morgan fingerprint density at radius 2 is 1.56 bits per heavy atom. The Labute approximate surface area is 145 Å². The third-order valence-corrected chi connectivity index (χ3v) is 8.25. The van der Waals surface area contributed by atoms with E-state index < -0.39 is 43.5 Å². The summed E-state index contributed by atoms with van der Waals surface area (Å²) in [4.78, 5) is 0. The number of rotatable bonds is 6. The molecule has 5 nitrogen and oxygen atoms in total. The molecule has 2 rings (SSSR count). The van der Waals surface area contributed by atoms with E-state index in [2.05, 4.69) is 0 Å². The van der Waals surface area contributed by atoms with E-state index in [1.54, 1.807) is 30.3 Å². The Balaban J connectivity index is 1.94. The first kappa shape index (κ1) is 20.2. The second-order valence-corrected chi connectivity index (χ2v) is 10.4. The maximum atomic E-state index is 12.5. The van der Waals surface area contributed by atoms with Crippen LogP contribution in [-0.2, 0) is 25.6 Å². The maximum absolute atomic E-state index is 12.5. The second-order valence-electron chi connectivity index (χ2n) is 6.07. The molecule has 1 aromatic carbocycles. The largest absolute Gasteiger partial charge is 0.390 e. The number of halogens is 3. The van der Waals surface area contributed by atoms with Crippen LogP contribution in [0.5, 0.6) is 0 Å². The van der Waals surface area contributed by atoms with Gasteiger partial charge in [0.25, 0.3) is 0 Å². The van der Waals surface area contributed by atoms with Crippen molar-refractivity contribution in [2.24, 2.45) is 0 Å². The van der Waals surface area contributed by atoms with Gasteiger partial charge in [0.05, 0.1) is 23.2 Å². The summed E-state index contributed by atoms with van der Waals surface area (Å²) in [7, 11) is -7.47. The van der Waals surface area contributed by atoms with Gasteiger partial charge in [-0.05, 0) is 18.4 Å². The molecule has 0 spiro atoms. The van der Waals surface area contributed by atoms with Crippen molar-refractivity contribution < 1.29 is 30.0 Å². The van der Waals surface area contributed by atoms with E-state index in [0.29, 0.717) is 5.56 Å². The number of piperidine rings is 1. The molecule has 0 radical (unpaired) electrons. The Morgan fingerprint density at radius 1 is 1.00 bits per heavy atom. The molecular formula is C15H20F3NO4S2. The third-order valence-electron chi connectivity index (χ3n) is 4.16. The van der Waals surface area contributed by atoms with Crippen molar-refractivity contribution in [2.75, 3.05) is 18.8 Å². The lowest BCUT2D eigenvalue weighted by Gasteiger charge is -2.31. The number of sulfone groups is 1. The Kier molecular flexibility index (Phi) is 6.16. The molecule has 10 heteroatoms. The molecule has 0 aliphatic carbocycles. The Bertz CT molecular complexity index is 769. The minimum absolute atomic E-state index is 0.0706. The number of nitrogens with zero attached hydrogens (tertiary/aromatic N) is 1. The van der Waals surface area contributed by atoms with Gasteiger partial charge in [-0.2, -0.15) is 13.2 Å². The van der Waals surface area contributed by atoms with Gasteiger partial charge in [-0.1, -0.05) is 30.3 Å². The second kappa shape index (κ2) is 7.63. The summed E-state index contributed by atoms with van der Waals surface area (Å²) in [5, 5.41) is -0.679. The van der Waals surface area contributed by atoms with Gasteiger partial charge in [0.1, 0.15) is 0 Å². The molecule has 142 valence electrons. The summed E-state index contributed by atoms with van der Waals surface area (Å²) >= 11 is 0. The highest BCUT2D eigenvalue weighted by Gasteiger charge is 2.36. The highest BCUT2D eigenvalue weighted by Crippen LogP contribution is 2.25. The number of sulfonamides is 1. The van der Waals surface area contributed by atoms with Gasteiger partial charge >= 0.3 is 6.18 Å². The monoisotopic (exact) mass is 399 g/mol. The van der Waals surface area contributed by atoms with Crippen LogP contribution in [0.2, 0.25) is 0 Å². The highest BCUT2D eigenvalue weighted by atomic mass is 32.2. The quantitative estimate of drug-likeness (QED) is 0.736. The number of alkyl halides is 3. The normalized spacial score (nSPS) is 18.4. The first-order chi connectivity index (χ1) is 11.5. The molecule has 0 unspecified atom stereocenters. The maximum Gasteiger partial charge on any atom is 0.390 e. The minimum atomic E-state index is -4.54. The number of hydrogen-bond acceptors (Lipinski definition) is 4. The van der Waals surface area contributed by atoms with Crippen LogP contribution in [0.1, 0.15) is 24.8 Å². The van der Waals surface area contributed by atoms with Crippen molar-refractivity contribution in [2.45, 2.75) is 36.4 Å². The van der Waals surface area contributed by atoms with Crippen LogP contribution in [0.3, 0.4) is 0 Å². The molecule has 1 heterocycles. The number of benzene rings is 1. The van der Waals surface area contributed by atoms with Crippen LogP contribution in [0, 0.1) is 0 Å². The average Bonchev–Trinajstić information content (AvgIpc) is 2.53. The predicted molar refractivity (Wildman–Crippen MR) is 88.1 cm³/mol. The third kappa shape index (κ3) is 5.96. The molecule has 0 amide bonds. The molecule has 0 N–H and O–H groups in total. The molecule has 25 heavy (non-hydrogen) atoms. The van der Waals surface area contributed by atoms with Crippen molar-refractivity contribution >= 4 is 19.9 Å². The average molecular weight is 399 g/mol. The fourth-order valence-corrected chi connectivity index (χ4v) is 6.10. The molecular weight excluding hydrogens is 379 g/mol. The van der Waals surface area contributed by atoms with Crippen molar-refractivity contribution in [3.63, 3.8) is 0 Å². The summed E-state index contributed by atoms with van der Waals surface area (Å²) < 4.78 is 86.4. The smallest absolute Gasteiger partial charge is 0.228 e. The molecule has 1 aliphatic rings. The van der Waals surface area contributed by atoms with E-state index >= 15 is 0 Å². The molecule has 1 saturated heterocycles. The fraction of sp³-hybridized carbons (Fsp3) is 0.600. The van der Waals surface area contributed by atoms with Crippen LogP contribution in [0.25, 0.3) is 0 Å². The van der Waals surface area contributed by atoms with Crippen molar-refractivity contribution in [1.82, 2.24) is 4.31 Å². The zero-order valence-corrected chi connectivity index (χ0v) is 15.1. The summed E-state index contributed by atoms with van der Waals surface area (Å²) in [6, 6.07) is 8.66. The van der Waals surface area contributed by atoms with Gasteiger partial charge in [-0.25, -0.2) is 21.1 Å². The zero-order chi connectivity index (χ0) is 18.7. The van der Waals surface area contributed by atoms with Crippen LogP contribution < -0.4 is 0 Å². The molecule has 0 saturated carbocycles. The molecule has 0 atom stereocenters. The lowest BCUT2D eigenvalue weighted by Crippen LogP contribution is -2.44. The molecule has 0 bridgehead atoms. The molecule has 1 aliphatic heterocycles. The van der Waals surface area contributed by atoms with E-state index in [1.165, 1.54) is 0 Å². The zero-order valence-electron chi connectivity index (χ0n) is 13.4. The Morgan fingerprint density at radius 3 is 2.08 bits per heavy atom. The van der Waals surface area contributed by atoms with Gasteiger partial charge in [0.2, 0.25) is 10.0 Å². The van der Waals surface area contributed by atoms with Gasteiger partial charge in [0, 0.05) is 13.1 Å². The highest BCUT2D eigenvalue weighted by molar-refractivity contribution is 7.91. The topological polar surface area (TPSA) is 71.5 Å². The fourth-order valence-electron chi connectivity index (χ4n) is 2.77. The standard InChI is InChI=1S/C15H20F3NO4S2/c16-15(17,18)8-11-25(22,23)19-9-6-14(7-10-19)24(20,21)12-13-4-2-1-3-5-13/h1-5,14H,6-12H2. The lowest BCUT2D eigenvalue weighted by molar-refractivity contribution is -0.130. The SMILES string of the molecule is O=S(=O)(Cc1ccccc1)C1CCN(S(=O)(=O)CCC(F)(F)F)CC1. The van der Waals surface area contributed by atoms with Crippen molar-refractivity contribution in [1.29, 1.82) is 0 Å². The van der Waals surface area contributed by atoms with E-state index in [0.717, 1.165) is 4.31 Å². The lowest BCUT2D eigenvalue weighted by atomic mass is 10.2. The van der Waals surface area contributed by atoms with E-state index in [4.69, 9.17) is 0 Å². The van der Waals surface area contributed by atoms with Crippen LogP contribution in [-0.4, -0.2) is 51.4 Å². The molecule has 0 aromatic heterocycles. The summed E-state index contributed by atoms with van der Waals surface area (Å²) in [6.45, 7) is -0.141. The minimum Gasteiger partial charge on any atom is -0.228 e. The van der Waals surface area contributed by atoms with Crippen LogP contribution >= 0.6 is 0 Å². The van der Waals surface area contributed by atoms with E-state index in [1.807, 2.05) is 0 Å². The van der Waals surface area contributed by atoms with Gasteiger partial charge in [0.15, 0.2) is 9.84 Å². The van der Waals surface area contributed by atoms with Crippen LogP contribution in [0.15, 0.2) is 30.3 Å². The summed E-state index contributed by atoms with van der Waals surface area (Å²) in [5.41, 5.74) is 0.655. The van der Waals surface area contributed by atoms with E-state index in [9.17, 15) is 30.0 Å². The number of hydrogen-bond donors (Lipinski definition) is 0. The summed E-state index contributed by atoms with van der Waals surface area (Å²) in [5.74, 6) is -1.13. The van der Waals surface area contributed by atoms with Crippen molar-refractivity contribution in [3.05, 3.63) is 35.9 Å². The van der Waals surface area contributed by atoms with Gasteiger partial charge in [-0.15, -0.1) is 0 Å². The first-order valence-electron chi connectivity index (χ1n) is 7.80. The van der Waals surface area contributed by atoms with Crippen molar-refractivity contribution in [3.8, 4) is 0 Å². The summed E-state index contributed by atoms with van der Waals surface area (Å²) in [6.07, 6.45) is -5.74.